The summed E-state index contributed by atoms with van der Waals surface area (Å²) >= 11 is 1.81. The molecular weight excluding hydrogens is 439 g/mol. The molecule has 2 aromatic rings. The van der Waals surface area contributed by atoms with Crippen LogP contribution in [0.3, 0.4) is 0 Å². The van der Waals surface area contributed by atoms with Crippen LogP contribution in [0.1, 0.15) is 16.7 Å². The van der Waals surface area contributed by atoms with Crippen molar-refractivity contribution >= 4 is 29.3 Å². The van der Waals surface area contributed by atoms with Gasteiger partial charge in [-0.2, -0.15) is 24.9 Å². The van der Waals surface area contributed by atoms with Crippen LogP contribution in [-0.4, -0.2) is 49.6 Å². The van der Waals surface area contributed by atoms with Gasteiger partial charge in [0, 0.05) is 30.7 Å². The van der Waals surface area contributed by atoms with Gasteiger partial charge >= 0.3 is 6.18 Å². The summed E-state index contributed by atoms with van der Waals surface area (Å²) in [6.45, 7) is 1.36. The topological polar surface area (TPSA) is 38.8 Å². The molecule has 0 spiro atoms. The van der Waals surface area contributed by atoms with Crippen molar-refractivity contribution in [1.82, 2.24) is 4.90 Å². The summed E-state index contributed by atoms with van der Waals surface area (Å²) in [6.07, 6.45) is 0.576. The number of amides is 1. The second kappa shape index (κ2) is 10.6. The fraction of sp³-hybridized carbons (Fsp3) is 0.292. The average Bonchev–Trinajstić information content (AvgIpc) is 2.81. The molecule has 2 aromatic carbocycles. The lowest BCUT2D eigenvalue weighted by Crippen LogP contribution is -2.36. The Hall–Kier alpha value is -2.87. The summed E-state index contributed by atoms with van der Waals surface area (Å²) in [5.74, 6) is 2.76. The number of halogens is 3. The smallest absolute Gasteiger partial charge is 0.416 e. The Bertz CT molecular complexity index is 995. The van der Waals surface area contributed by atoms with Crippen LogP contribution >= 0.6 is 11.8 Å². The van der Waals surface area contributed by atoms with Crippen LogP contribution in [0.4, 0.5) is 13.2 Å². The number of thioether (sulfide) groups is 1. The lowest BCUT2D eigenvalue weighted by atomic mass is 10.0. The molecule has 8 heteroatoms. The predicted molar refractivity (Wildman–Crippen MR) is 122 cm³/mol. The van der Waals surface area contributed by atoms with Crippen LogP contribution in [0.5, 0.6) is 11.5 Å². The van der Waals surface area contributed by atoms with Gasteiger partial charge in [-0.25, -0.2) is 0 Å². The molecule has 0 N–H and O–H groups in total. The third kappa shape index (κ3) is 6.09. The van der Waals surface area contributed by atoms with Crippen molar-refractivity contribution in [3.8, 4) is 11.5 Å². The Morgan fingerprint density at radius 2 is 1.66 bits per heavy atom. The number of hydrogen-bond acceptors (Lipinski definition) is 4. The standard InChI is InChI=1S/C24H24F3NO3S/c1-30-21-10-7-18(15-22(21)31-2)19(16-23(29)28-11-13-32-14-12-28)6-3-17-4-8-20(9-5-17)24(25,26)27/h3-10,15-16H,11-14H2,1-2H3. The van der Waals surface area contributed by atoms with Gasteiger partial charge in [0.25, 0.3) is 0 Å². The zero-order chi connectivity index (χ0) is 23.1. The maximum absolute atomic E-state index is 12.9. The van der Waals surface area contributed by atoms with E-state index in [2.05, 4.69) is 0 Å². The van der Waals surface area contributed by atoms with Gasteiger partial charge in [0.05, 0.1) is 19.8 Å². The van der Waals surface area contributed by atoms with Crippen LogP contribution in [0, 0.1) is 0 Å². The first kappa shape index (κ1) is 23.8. The highest BCUT2D eigenvalue weighted by Gasteiger charge is 2.29. The fourth-order valence-corrected chi connectivity index (χ4v) is 4.12. The normalized spacial score (nSPS) is 15.2. The van der Waals surface area contributed by atoms with Crippen molar-refractivity contribution in [3.63, 3.8) is 0 Å². The highest BCUT2D eigenvalue weighted by Crippen LogP contribution is 2.32. The van der Waals surface area contributed by atoms with Gasteiger partial charge in [0.1, 0.15) is 0 Å². The Labute approximate surface area is 189 Å². The minimum atomic E-state index is -4.38. The molecular formula is C24H24F3NO3S. The van der Waals surface area contributed by atoms with Crippen molar-refractivity contribution in [3.05, 3.63) is 71.3 Å². The lowest BCUT2D eigenvalue weighted by molar-refractivity contribution is -0.137. The molecule has 170 valence electrons. The number of methoxy groups -OCH3 is 2. The summed E-state index contributed by atoms with van der Waals surface area (Å²) in [5, 5.41) is 0. The van der Waals surface area contributed by atoms with Crippen LogP contribution in [0.25, 0.3) is 11.6 Å². The number of nitrogens with zero attached hydrogens (tertiary/aromatic N) is 1. The van der Waals surface area contributed by atoms with Gasteiger partial charge in [0.2, 0.25) is 5.91 Å². The number of alkyl halides is 3. The number of allylic oxidation sites excluding steroid dienone is 2. The molecule has 1 fully saturated rings. The third-order valence-corrected chi connectivity index (χ3v) is 5.95. The van der Waals surface area contributed by atoms with Gasteiger partial charge < -0.3 is 14.4 Å². The maximum atomic E-state index is 12.9. The van der Waals surface area contributed by atoms with Crippen LogP contribution in [-0.2, 0) is 11.0 Å². The van der Waals surface area contributed by atoms with Gasteiger partial charge in [-0.05, 0) is 41.0 Å². The Balaban J connectivity index is 1.94. The van der Waals surface area contributed by atoms with Gasteiger partial charge in [-0.15, -0.1) is 0 Å². The molecule has 0 bridgehead atoms. The minimum absolute atomic E-state index is 0.104. The lowest BCUT2D eigenvalue weighted by Gasteiger charge is -2.25. The highest BCUT2D eigenvalue weighted by molar-refractivity contribution is 7.99. The van der Waals surface area contributed by atoms with Crippen LogP contribution in [0.2, 0.25) is 0 Å². The third-order valence-electron chi connectivity index (χ3n) is 5.01. The molecule has 0 unspecified atom stereocenters. The maximum Gasteiger partial charge on any atom is 0.416 e. The monoisotopic (exact) mass is 463 g/mol. The molecule has 0 saturated carbocycles. The average molecular weight is 464 g/mol. The second-order valence-corrected chi connectivity index (χ2v) is 8.28. The number of carbonyl (C=O) groups excluding carboxylic acids is 1. The van der Waals surface area contributed by atoms with Gasteiger partial charge in [-0.3, -0.25) is 4.79 Å². The van der Waals surface area contributed by atoms with E-state index in [4.69, 9.17) is 9.47 Å². The summed E-state index contributed by atoms with van der Waals surface area (Å²) in [4.78, 5) is 14.6. The Morgan fingerprint density at radius 1 is 1.00 bits per heavy atom. The first-order valence-electron chi connectivity index (χ1n) is 9.98. The Morgan fingerprint density at radius 3 is 2.25 bits per heavy atom. The molecule has 1 aliphatic rings. The molecule has 32 heavy (non-hydrogen) atoms. The number of hydrogen-bond donors (Lipinski definition) is 0. The van der Waals surface area contributed by atoms with E-state index in [9.17, 15) is 18.0 Å². The van der Waals surface area contributed by atoms with E-state index in [1.165, 1.54) is 26.4 Å². The van der Waals surface area contributed by atoms with Gasteiger partial charge in [-0.1, -0.05) is 30.4 Å². The van der Waals surface area contributed by atoms with Gasteiger partial charge in [0.15, 0.2) is 11.5 Å². The second-order valence-electron chi connectivity index (χ2n) is 7.06. The van der Waals surface area contributed by atoms with E-state index in [1.54, 1.807) is 35.3 Å². The van der Waals surface area contributed by atoms with E-state index < -0.39 is 11.7 Å². The zero-order valence-corrected chi connectivity index (χ0v) is 18.6. The largest absolute Gasteiger partial charge is 0.493 e. The molecule has 4 nitrogen and oxygen atoms in total. The highest BCUT2D eigenvalue weighted by atomic mass is 32.2. The van der Waals surface area contributed by atoms with E-state index >= 15 is 0 Å². The summed E-state index contributed by atoms with van der Waals surface area (Å²) in [7, 11) is 3.07. The van der Waals surface area contributed by atoms with Crippen LogP contribution < -0.4 is 9.47 Å². The minimum Gasteiger partial charge on any atom is -0.493 e. The van der Waals surface area contributed by atoms with E-state index in [0.717, 1.165) is 29.2 Å². The number of carbonyl (C=O) groups is 1. The summed E-state index contributed by atoms with van der Waals surface area (Å²) in [6, 6.07) is 10.2. The molecule has 0 aliphatic carbocycles. The molecule has 0 aromatic heterocycles. The van der Waals surface area contributed by atoms with E-state index in [-0.39, 0.29) is 5.91 Å². The number of rotatable bonds is 6. The molecule has 1 heterocycles. The molecule has 1 amide bonds. The van der Waals surface area contributed by atoms with Crippen molar-refractivity contribution in [1.29, 1.82) is 0 Å². The van der Waals surface area contributed by atoms with Crippen molar-refractivity contribution in [2.24, 2.45) is 0 Å². The predicted octanol–water partition coefficient (Wildman–Crippen LogP) is 5.39. The summed E-state index contributed by atoms with van der Waals surface area (Å²) in [5.41, 5.74) is 1.23. The molecule has 1 aliphatic heterocycles. The number of ether oxygens (including phenoxy) is 2. The van der Waals surface area contributed by atoms with Crippen molar-refractivity contribution in [2.75, 3.05) is 38.8 Å². The van der Waals surface area contributed by atoms with Crippen molar-refractivity contribution < 1.29 is 27.4 Å². The SMILES string of the molecule is COc1ccc(C(C=Cc2ccc(C(F)(F)F)cc2)=CC(=O)N2CCSCC2)cc1OC. The Kier molecular flexibility index (Phi) is 7.90. The first-order valence-corrected chi connectivity index (χ1v) is 11.1. The molecule has 0 radical (unpaired) electrons. The first-order chi connectivity index (χ1) is 15.3. The quantitative estimate of drug-likeness (QED) is 0.425. The molecule has 3 rings (SSSR count). The van der Waals surface area contributed by atoms with E-state index in [1.807, 2.05) is 17.8 Å². The van der Waals surface area contributed by atoms with Crippen molar-refractivity contribution in [2.45, 2.75) is 6.18 Å². The number of benzene rings is 2. The van der Waals surface area contributed by atoms with E-state index in [0.29, 0.717) is 35.7 Å². The summed E-state index contributed by atoms with van der Waals surface area (Å²) < 4.78 is 49.1. The zero-order valence-electron chi connectivity index (χ0n) is 17.8. The molecule has 1 saturated heterocycles. The van der Waals surface area contributed by atoms with Crippen LogP contribution in [0.15, 0.2) is 54.6 Å². The fourth-order valence-electron chi connectivity index (χ4n) is 3.22. The molecule has 0 atom stereocenters.